The maximum Gasteiger partial charge on any atom is 0.240 e. The number of aromatic nitrogens is 2. The van der Waals surface area contributed by atoms with Crippen molar-refractivity contribution in [2.24, 2.45) is 5.41 Å². The molecule has 4 rings (SSSR count). The molecule has 34 heavy (non-hydrogen) atoms. The van der Waals surface area contributed by atoms with E-state index in [0.717, 1.165) is 34.5 Å². The van der Waals surface area contributed by atoms with Crippen LogP contribution in [0.2, 0.25) is 0 Å². The van der Waals surface area contributed by atoms with Gasteiger partial charge in [0, 0.05) is 29.8 Å². The second-order valence-electron chi connectivity index (χ2n) is 9.81. The molecule has 1 aromatic heterocycles. The Morgan fingerprint density at radius 3 is 2.47 bits per heavy atom. The lowest BCUT2D eigenvalue weighted by molar-refractivity contribution is 0.268. The Hall–Kier alpha value is -2.74. The molecule has 1 fully saturated rings. The van der Waals surface area contributed by atoms with E-state index < -0.39 is 15.4 Å². The van der Waals surface area contributed by atoms with Crippen molar-refractivity contribution >= 4 is 16.1 Å². The molecule has 1 saturated heterocycles. The van der Waals surface area contributed by atoms with E-state index in [4.69, 9.17) is 0 Å². The van der Waals surface area contributed by atoms with Crippen LogP contribution >= 0.6 is 0 Å². The summed E-state index contributed by atoms with van der Waals surface area (Å²) in [5.41, 5.74) is 4.80. The number of aliphatic hydroxyl groups is 1. The summed E-state index contributed by atoms with van der Waals surface area (Å²) >= 11 is 0. The molecule has 0 bridgehead atoms. The number of aryl methyl sites for hydroxylation is 2. The first-order valence-electron chi connectivity index (χ1n) is 11.6. The molecular weight excluding hydrogens is 446 g/mol. The third-order valence-electron chi connectivity index (χ3n) is 6.76. The fourth-order valence-corrected chi connectivity index (χ4v) is 6.78. The van der Waals surface area contributed by atoms with Crippen LogP contribution in [-0.2, 0) is 16.6 Å². The molecule has 0 saturated carbocycles. The van der Waals surface area contributed by atoms with Gasteiger partial charge < -0.3 is 9.67 Å². The zero-order chi connectivity index (χ0) is 24.7. The fraction of sp³-hybridized carbons (Fsp3) is 0.370. The number of hydrogen-bond donors (Lipinski definition) is 1. The minimum absolute atomic E-state index is 0.156. The predicted molar refractivity (Wildman–Crippen MR) is 136 cm³/mol. The van der Waals surface area contributed by atoms with E-state index in [1.807, 2.05) is 87.8 Å². The van der Waals surface area contributed by atoms with Crippen molar-refractivity contribution in [3.63, 3.8) is 0 Å². The van der Waals surface area contributed by atoms with E-state index in [9.17, 15) is 13.5 Å². The van der Waals surface area contributed by atoms with Crippen molar-refractivity contribution in [3.8, 4) is 5.69 Å². The maximum absolute atomic E-state index is 13.9. The Morgan fingerprint density at radius 1 is 1.15 bits per heavy atom. The molecule has 3 aromatic rings. The molecule has 7 heteroatoms. The molecule has 2 heterocycles. The normalized spacial score (nSPS) is 19.9. The van der Waals surface area contributed by atoms with Crippen LogP contribution < -0.4 is 0 Å². The van der Waals surface area contributed by atoms with Gasteiger partial charge in [0.05, 0.1) is 29.2 Å². The largest absolute Gasteiger partial charge is 0.392 e. The van der Waals surface area contributed by atoms with Crippen LogP contribution in [0.5, 0.6) is 0 Å². The predicted octanol–water partition coefficient (Wildman–Crippen LogP) is 5.15. The topological polar surface area (TPSA) is 75.4 Å². The second kappa shape index (κ2) is 9.13. The molecule has 1 unspecified atom stereocenters. The summed E-state index contributed by atoms with van der Waals surface area (Å²) in [5.74, 6) is 0. The van der Waals surface area contributed by atoms with Crippen molar-refractivity contribution < 1.29 is 13.5 Å². The molecule has 0 radical (unpaired) electrons. The number of benzene rings is 2. The van der Waals surface area contributed by atoms with E-state index in [-0.39, 0.29) is 12.6 Å². The van der Waals surface area contributed by atoms with Crippen LogP contribution in [0.4, 0.5) is 0 Å². The lowest BCUT2D eigenvalue weighted by Crippen LogP contribution is -2.44. The molecule has 1 N–H and O–H groups in total. The molecule has 0 aliphatic carbocycles. The zero-order valence-corrected chi connectivity index (χ0v) is 21.3. The van der Waals surface area contributed by atoms with Crippen molar-refractivity contribution in [1.29, 1.82) is 0 Å². The minimum atomic E-state index is -3.69. The van der Waals surface area contributed by atoms with Crippen molar-refractivity contribution in [2.75, 3.05) is 6.54 Å². The number of allylic oxidation sites excluding steroid dienone is 1. The smallest absolute Gasteiger partial charge is 0.240 e. The molecule has 0 amide bonds. The third kappa shape index (κ3) is 4.60. The Balaban J connectivity index is 1.74. The van der Waals surface area contributed by atoms with Crippen molar-refractivity contribution in [3.05, 3.63) is 87.8 Å². The lowest BCUT2D eigenvalue weighted by Gasteiger charge is -2.41. The summed E-state index contributed by atoms with van der Waals surface area (Å²) in [6, 6.07) is 13.4. The summed E-state index contributed by atoms with van der Waals surface area (Å²) < 4.78 is 31.2. The lowest BCUT2D eigenvalue weighted by atomic mass is 9.87. The summed E-state index contributed by atoms with van der Waals surface area (Å²) in [5, 5.41) is 10.0. The Morgan fingerprint density at radius 2 is 1.85 bits per heavy atom. The maximum atomic E-state index is 13.9. The first-order valence-corrected chi connectivity index (χ1v) is 13.0. The molecule has 180 valence electrons. The van der Waals surface area contributed by atoms with Gasteiger partial charge in [0.15, 0.2) is 0 Å². The number of hydrogen-bond acceptors (Lipinski definition) is 4. The van der Waals surface area contributed by atoms with Gasteiger partial charge in [-0.2, -0.15) is 4.31 Å². The molecule has 6 nitrogen and oxygen atoms in total. The summed E-state index contributed by atoms with van der Waals surface area (Å²) in [7, 11) is -3.69. The SMILES string of the molecule is Cc1ccc(C(C)N2CCC(C)(C)/C(=C\c3ccc(-n4cnc(C)c4)c(CO)c3)S2(=O)=O)cc1. The van der Waals surface area contributed by atoms with E-state index in [2.05, 4.69) is 4.98 Å². The summed E-state index contributed by atoms with van der Waals surface area (Å²) in [4.78, 5) is 4.66. The standard InChI is InChI=1S/C27H33N3O3S/c1-19-6-9-23(10-7-19)21(3)30-13-12-27(4,5)26(34(30,32)33)15-22-8-11-25(24(14-22)17-31)29-16-20(2)28-18-29/h6-11,14-16,18,21,31H,12-13,17H2,1-5H3/b26-15+. The summed E-state index contributed by atoms with van der Waals surface area (Å²) in [6.45, 7) is 10.2. The fourth-order valence-electron chi connectivity index (χ4n) is 4.57. The molecule has 2 aromatic carbocycles. The van der Waals surface area contributed by atoms with E-state index >= 15 is 0 Å². The van der Waals surface area contributed by atoms with Gasteiger partial charge in [0.2, 0.25) is 10.0 Å². The van der Waals surface area contributed by atoms with Gasteiger partial charge in [-0.1, -0.05) is 49.7 Å². The second-order valence-corrected chi connectivity index (χ2v) is 11.7. The van der Waals surface area contributed by atoms with Crippen molar-refractivity contribution in [1.82, 2.24) is 13.9 Å². The summed E-state index contributed by atoms with van der Waals surface area (Å²) in [6.07, 6.45) is 6.10. The highest BCUT2D eigenvalue weighted by Crippen LogP contribution is 2.44. The van der Waals surface area contributed by atoms with Crippen LogP contribution in [0.25, 0.3) is 11.8 Å². The van der Waals surface area contributed by atoms with Gasteiger partial charge in [0.25, 0.3) is 0 Å². The third-order valence-corrected chi connectivity index (χ3v) is 9.11. The molecule has 1 aliphatic rings. The van der Waals surface area contributed by atoms with Gasteiger partial charge in [-0.05, 0) is 56.5 Å². The zero-order valence-electron chi connectivity index (χ0n) is 20.5. The van der Waals surface area contributed by atoms with Crippen LogP contribution in [0.15, 0.2) is 59.9 Å². The minimum Gasteiger partial charge on any atom is -0.392 e. The highest BCUT2D eigenvalue weighted by molar-refractivity contribution is 7.93. The van der Waals surface area contributed by atoms with E-state index in [1.165, 1.54) is 0 Å². The first-order chi connectivity index (χ1) is 16.0. The highest BCUT2D eigenvalue weighted by Gasteiger charge is 2.44. The van der Waals surface area contributed by atoms with Gasteiger partial charge in [0.1, 0.15) is 0 Å². The van der Waals surface area contributed by atoms with Gasteiger partial charge >= 0.3 is 0 Å². The van der Waals surface area contributed by atoms with E-state index in [0.29, 0.717) is 17.0 Å². The van der Waals surface area contributed by atoms with Crippen LogP contribution in [-0.4, -0.2) is 33.9 Å². The number of aliphatic hydroxyl groups excluding tert-OH is 1. The van der Waals surface area contributed by atoms with Crippen LogP contribution in [0.1, 0.15) is 61.2 Å². The monoisotopic (exact) mass is 479 g/mol. The van der Waals surface area contributed by atoms with E-state index in [1.54, 1.807) is 16.7 Å². The van der Waals surface area contributed by atoms with Gasteiger partial charge in [-0.25, -0.2) is 13.4 Å². The molecular formula is C27H33N3O3S. The Bertz CT molecular complexity index is 1320. The first kappa shape index (κ1) is 24.4. The highest BCUT2D eigenvalue weighted by atomic mass is 32.2. The van der Waals surface area contributed by atoms with Gasteiger partial charge in [-0.15, -0.1) is 0 Å². The Kier molecular flexibility index (Phi) is 6.55. The van der Waals surface area contributed by atoms with Gasteiger partial charge in [-0.3, -0.25) is 0 Å². The average Bonchev–Trinajstić information content (AvgIpc) is 3.22. The molecule has 1 atom stereocenters. The van der Waals surface area contributed by atoms with Crippen LogP contribution in [0.3, 0.4) is 0 Å². The number of nitrogens with zero attached hydrogens (tertiary/aromatic N) is 3. The van der Waals surface area contributed by atoms with Crippen molar-refractivity contribution in [2.45, 2.75) is 53.7 Å². The number of imidazole rings is 1. The Labute approximate surface area is 202 Å². The van der Waals surface area contributed by atoms with Crippen LogP contribution in [0, 0.1) is 19.3 Å². The quantitative estimate of drug-likeness (QED) is 0.549. The average molecular weight is 480 g/mol. The molecule has 0 spiro atoms. The molecule has 1 aliphatic heterocycles. The number of rotatable bonds is 5. The number of sulfonamides is 1.